The quantitative estimate of drug-likeness (QED) is 0.315. The van der Waals surface area contributed by atoms with Crippen LogP contribution in [0.25, 0.3) is 5.69 Å². The van der Waals surface area contributed by atoms with Gasteiger partial charge in [-0.3, -0.25) is 9.59 Å². The van der Waals surface area contributed by atoms with Crippen molar-refractivity contribution in [2.75, 3.05) is 13.7 Å². The van der Waals surface area contributed by atoms with E-state index < -0.39 is 48.0 Å². The van der Waals surface area contributed by atoms with E-state index in [9.17, 15) is 33.0 Å². The van der Waals surface area contributed by atoms with Crippen LogP contribution in [0.15, 0.2) is 42.5 Å². The largest absolute Gasteiger partial charge is 0.481 e. The SMILES string of the molecule is CC(C)c1c(C(=O)N(C)Cc2ccc(F)c(F)c2)nn(-c2ccc(F)cc2)c1OC[C@@H](O)C[C@@H](O)CC(=O)O. The number of halogens is 3. The molecular formula is C27H30F3N3O6. The number of aliphatic hydroxyl groups is 2. The number of aliphatic carboxylic acids is 1. The van der Waals surface area contributed by atoms with Crippen molar-refractivity contribution >= 4 is 11.9 Å². The Morgan fingerprint density at radius 1 is 1.03 bits per heavy atom. The molecule has 0 aliphatic carbocycles. The average molecular weight is 550 g/mol. The summed E-state index contributed by atoms with van der Waals surface area (Å²) in [5, 5.41) is 33.4. The Labute approximate surface area is 223 Å². The Hall–Kier alpha value is -3.90. The molecular weight excluding hydrogens is 519 g/mol. The van der Waals surface area contributed by atoms with Crippen molar-refractivity contribution in [1.82, 2.24) is 14.7 Å². The van der Waals surface area contributed by atoms with E-state index in [1.54, 1.807) is 13.8 Å². The molecule has 0 spiro atoms. The number of nitrogens with zero attached hydrogens (tertiary/aromatic N) is 3. The van der Waals surface area contributed by atoms with E-state index in [2.05, 4.69) is 5.10 Å². The molecule has 0 bridgehead atoms. The number of carboxylic acids is 1. The fourth-order valence-electron chi connectivity index (χ4n) is 4.00. The van der Waals surface area contributed by atoms with Crippen molar-refractivity contribution in [3.8, 4) is 11.6 Å². The molecule has 3 aromatic rings. The van der Waals surface area contributed by atoms with Crippen LogP contribution in [0.4, 0.5) is 13.2 Å². The summed E-state index contributed by atoms with van der Waals surface area (Å²) in [6, 6.07) is 8.56. The summed E-state index contributed by atoms with van der Waals surface area (Å²) in [6.45, 7) is 3.17. The highest BCUT2D eigenvalue weighted by molar-refractivity contribution is 5.94. The van der Waals surface area contributed by atoms with Gasteiger partial charge < -0.3 is 25.0 Å². The third-order valence-electron chi connectivity index (χ3n) is 5.85. The first-order chi connectivity index (χ1) is 18.4. The Kier molecular flexibility index (Phi) is 9.71. The molecule has 39 heavy (non-hydrogen) atoms. The van der Waals surface area contributed by atoms with Crippen LogP contribution in [0.3, 0.4) is 0 Å². The first-order valence-electron chi connectivity index (χ1n) is 12.2. The number of hydrogen-bond donors (Lipinski definition) is 3. The maximum absolute atomic E-state index is 13.7. The van der Waals surface area contributed by atoms with Gasteiger partial charge in [-0.05, 0) is 47.9 Å². The van der Waals surface area contributed by atoms with Crippen molar-refractivity contribution in [3.63, 3.8) is 0 Å². The van der Waals surface area contributed by atoms with E-state index in [1.165, 1.54) is 47.0 Å². The number of amides is 1. The summed E-state index contributed by atoms with van der Waals surface area (Å²) < 4.78 is 47.8. The van der Waals surface area contributed by atoms with Crippen molar-refractivity contribution in [3.05, 3.63) is 76.7 Å². The number of benzene rings is 2. The minimum atomic E-state index is -1.30. The highest BCUT2D eigenvalue weighted by atomic mass is 19.2. The van der Waals surface area contributed by atoms with Crippen LogP contribution in [0.1, 0.15) is 54.2 Å². The van der Waals surface area contributed by atoms with Crippen LogP contribution in [-0.2, 0) is 11.3 Å². The first kappa shape index (κ1) is 29.7. The predicted octanol–water partition coefficient (Wildman–Crippen LogP) is 3.65. The van der Waals surface area contributed by atoms with Crippen molar-refractivity contribution in [2.45, 2.75) is 51.4 Å². The number of aromatic nitrogens is 2. The number of hydrogen-bond acceptors (Lipinski definition) is 6. The topological polar surface area (TPSA) is 125 Å². The molecule has 3 N–H and O–H groups in total. The van der Waals surface area contributed by atoms with E-state index in [0.29, 0.717) is 16.8 Å². The maximum Gasteiger partial charge on any atom is 0.305 e. The smallest absolute Gasteiger partial charge is 0.305 e. The lowest BCUT2D eigenvalue weighted by Crippen LogP contribution is -2.28. The van der Waals surface area contributed by atoms with E-state index in [4.69, 9.17) is 9.84 Å². The van der Waals surface area contributed by atoms with Crippen LogP contribution >= 0.6 is 0 Å². The molecule has 0 saturated heterocycles. The summed E-state index contributed by atoms with van der Waals surface area (Å²) in [4.78, 5) is 25.6. The minimum absolute atomic E-state index is 0.00481. The lowest BCUT2D eigenvalue weighted by molar-refractivity contribution is -0.139. The van der Waals surface area contributed by atoms with Gasteiger partial charge in [0.25, 0.3) is 5.91 Å². The highest BCUT2D eigenvalue weighted by Gasteiger charge is 2.30. The Balaban J connectivity index is 1.96. The van der Waals surface area contributed by atoms with E-state index in [-0.39, 0.29) is 37.1 Å². The molecule has 9 nitrogen and oxygen atoms in total. The Morgan fingerprint density at radius 2 is 1.69 bits per heavy atom. The number of carbonyl (C=O) groups excluding carboxylic acids is 1. The number of carbonyl (C=O) groups is 2. The summed E-state index contributed by atoms with van der Waals surface area (Å²) >= 11 is 0. The molecule has 1 aromatic heterocycles. The normalized spacial score (nSPS) is 12.8. The predicted molar refractivity (Wildman–Crippen MR) is 134 cm³/mol. The van der Waals surface area contributed by atoms with Gasteiger partial charge in [-0.2, -0.15) is 5.10 Å². The van der Waals surface area contributed by atoms with Gasteiger partial charge in [0.15, 0.2) is 17.3 Å². The number of rotatable bonds is 12. The van der Waals surface area contributed by atoms with Gasteiger partial charge in [0.2, 0.25) is 5.88 Å². The number of carboxylic acid groups (broad SMARTS) is 1. The third kappa shape index (κ3) is 7.58. The molecule has 210 valence electrons. The van der Waals surface area contributed by atoms with Crippen molar-refractivity contribution in [2.24, 2.45) is 0 Å². The van der Waals surface area contributed by atoms with Gasteiger partial charge in [0, 0.05) is 25.6 Å². The second-order valence-corrected chi connectivity index (χ2v) is 9.47. The third-order valence-corrected chi connectivity index (χ3v) is 5.85. The monoisotopic (exact) mass is 549 g/mol. The van der Waals surface area contributed by atoms with Crippen molar-refractivity contribution in [1.29, 1.82) is 0 Å². The number of aliphatic hydroxyl groups excluding tert-OH is 2. The van der Waals surface area contributed by atoms with Gasteiger partial charge >= 0.3 is 5.97 Å². The zero-order valence-electron chi connectivity index (χ0n) is 21.6. The van der Waals surface area contributed by atoms with E-state index in [0.717, 1.165) is 12.1 Å². The van der Waals surface area contributed by atoms with Gasteiger partial charge in [0.1, 0.15) is 12.4 Å². The van der Waals surface area contributed by atoms with Gasteiger partial charge in [-0.1, -0.05) is 19.9 Å². The zero-order valence-corrected chi connectivity index (χ0v) is 21.6. The second kappa shape index (κ2) is 12.8. The number of ether oxygens (including phenoxy) is 1. The lowest BCUT2D eigenvalue weighted by Gasteiger charge is -2.19. The fraction of sp³-hybridized carbons (Fsp3) is 0.370. The Bertz CT molecular complexity index is 1310. The standard InChI is InChI=1S/C27H30F3N3O6/c1-15(2)24-25(26(38)32(3)13-16-4-9-21(29)22(30)10-16)31-33(18-7-5-17(28)6-8-18)27(24)39-14-20(35)11-19(34)12-23(36)37/h4-10,15,19-20,34-35H,11-14H2,1-3H3,(H,36,37)/t19-,20+/m1/s1. The first-order valence-corrected chi connectivity index (χ1v) is 12.2. The minimum Gasteiger partial charge on any atom is -0.481 e. The molecule has 1 amide bonds. The molecule has 0 unspecified atom stereocenters. The molecule has 12 heteroatoms. The average Bonchev–Trinajstić information content (AvgIpc) is 3.24. The van der Waals surface area contributed by atoms with Gasteiger partial charge in [-0.25, -0.2) is 17.9 Å². The molecule has 0 saturated carbocycles. The molecule has 2 atom stereocenters. The molecule has 1 heterocycles. The van der Waals surface area contributed by atoms with E-state index >= 15 is 0 Å². The van der Waals surface area contributed by atoms with E-state index in [1.807, 2.05) is 0 Å². The van der Waals surface area contributed by atoms with Crippen LogP contribution in [0.2, 0.25) is 0 Å². The molecule has 0 radical (unpaired) electrons. The highest BCUT2D eigenvalue weighted by Crippen LogP contribution is 2.34. The Morgan fingerprint density at radius 3 is 2.28 bits per heavy atom. The van der Waals surface area contributed by atoms with Gasteiger partial charge in [0.05, 0.1) is 24.3 Å². The summed E-state index contributed by atoms with van der Waals surface area (Å²) in [6.07, 6.45) is -3.36. The molecule has 3 rings (SSSR count). The fourth-order valence-corrected chi connectivity index (χ4v) is 4.00. The van der Waals surface area contributed by atoms with Gasteiger partial charge in [-0.15, -0.1) is 0 Å². The zero-order chi connectivity index (χ0) is 28.9. The summed E-state index contributed by atoms with van der Waals surface area (Å²) in [7, 11) is 1.47. The summed E-state index contributed by atoms with van der Waals surface area (Å²) in [5.74, 6) is -4.54. The summed E-state index contributed by atoms with van der Waals surface area (Å²) in [5.41, 5.74) is 1.08. The van der Waals surface area contributed by atoms with Crippen molar-refractivity contribution < 1.29 is 42.8 Å². The maximum atomic E-state index is 13.7. The molecule has 0 aliphatic heterocycles. The van der Waals surface area contributed by atoms with Crippen LogP contribution in [0, 0.1) is 17.5 Å². The van der Waals surface area contributed by atoms with Crippen LogP contribution in [0.5, 0.6) is 5.88 Å². The molecule has 0 fully saturated rings. The molecule has 0 aliphatic rings. The lowest BCUT2D eigenvalue weighted by atomic mass is 10.0. The molecule has 2 aromatic carbocycles. The van der Waals surface area contributed by atoms with Crippen LogP contribution in [-0.4, -0.2) is 67.7 Å². The second-order valence-electron chi connectivity index (χ2n) is 9.47. The van der Waals surface area contributed by atoms with Crippen LogP contribution < -0.4 is 4.74 Å².